The summed E-state index contributed by atoms with van der Waals surface area (Å²) in [5.41, 5.74) is 2.21. The number of hydrogen-bond donors (Lipinski definition) is 0. The van der Waals surface area contributed by atoms with Crippen molar-refractivity contribution >= 4 is 11.0 Å². The lowest BCUT2D eigenvalue weighted by atomic mass is 10.2. The van der Waals surface area contributed by atoms with Gasteiger partial charge in [-0.3, -0.25) is 0 Å². The minimum atomic E-state index is 0.461. The third kappa shape index (κ3) is 1.16. The van der Waals surface area contributed by atoms with Gasteiger partial charge >= 0.3 is 0 Å². The lowest BCUT2D eigenvalue weighted by molar-refractivity contribution is 0.283. The van der Waals surface area contributed by atoms with E-state index in [9.17, 15) is 0 Å². The Labute approximate surface area is 88.7 Å². The fourth-order valence-electron chi connectivity index (χ4n) is 2.20. The van der Waals surface area contributed by atoms with Crippen LogP contribution in [-0.4, -0.2) is 16.2 Å². The van der Waals surface area contributed by atoms with Crippen molar-refractivity contribution in [2.24, 2.45) is 0 Å². The largest absolute Gasteiger partial charge is 0.489 e. The average molecular weight is 202 g/mol. The number of nitrogens with zero attached hydrogens (tertiary/aromatic N) is 2. The molecule has 0 saturated carbocycles. The van der Waals surface area contributed by atoms with Crippen LogP contribution in [0, 0.1) is 0 Å². The summed E-state index contributed by atoms with van der Waals surface area (Å²) >= 11 is 0. The minimum absolute atomic E-state index is 0.461. The maximum absolute atomic E-state index is 5.63. The molecule has 0 unspecified atom stereocenters. The highest BCUT2D eigenvalue weighted by molar-refractivity contribution is 5.83. The van der Waals surface area contributed by atoms with Crippen LogP contribution in [0.25, 0.3) is 11.0 Å². The molecule has 1 aromatic heterocycles. The maximum Gasteiger partial charge on any atom is 0.145 e. The number of para-hydroxylation sites is 1. The van der Waals surface area contributed by atoms with E-state index in [0.717, 1.165) is 29.9 Å². The Hall–Kier alpha value is -1.51. The van der Waals surface area contributed by atoms with Crippen molar-refractivity contribution in [1.82, 2.24) is 9.55 Å². The van der Waals surface area contributed by atoms with Gasteiger partial charge < -0.3 is 9.30 Å². The SMILES string of the molecule is CC(C)c1nc2cccc3c2n1CCO3. The maximum atomic E-state index is 5.63. The fraction of sp³-hybridized carbons (Fsp3) is 0.417. The molecule has 0 N–H and O–H groups in total. The van der Waals surface area contributed by atoms with E-state index in [1.165, 1.54) is 5.82 Å². The molecule has 3 nitrogen and oxygen atoms in total. The molecule has 1 aromatic carbocycles. The van der Waals surface area contributed by atoms with E-state index in [1.54, 1.807) is 0 Å². The van der Waals surface area contributed by atoms with Gasteiger partial charge in [0.25, 0.3) is 0 Å². The van der Waals surface area contributed by atoms with E-state index in [-0.39, 0.29) is 0 Å². The zero-order valence-electron chi connectivity index (χ0n) is 9.03. The summed E-state index contributed by atoms with van der Waals surface area (Å²) in [6, 6.07) is 6.07. The first-order valence-corrected chi connectivity index (χ1v) is 5.39. The van der Waals surface area contributed by atoms with E-state index in [1.807, 2.05) is 12.1 Å². The van der Waals surface area contributed by atoms with Crippen molar-refractivity contribution in [3.63, 3.8) is 0 Å². The standard InChI is InChI=1S/C12H14N2O/c1-8(2)12-13-9-4-3-5-10-11(9)14(12)6-7-15-10/h3-5,8H,6-7H2,1-2H3. The molecule has 0 spiro atoms. The molecule has 3 rings (SSSR count). The van der Waals surface area contributed by atoms with Gasteiger partial charge in [-0.25, -0.2) is 4.98 Å². The summed E-state index contributed by atoms with van der Waals surface area (Å²) in [7, 11) is 0. The molecule has 78 valence electrons. The number of rotatable bonds is 1. The number of aromatic nitrogens is 2. The van der Waals surface area contributed by atoms with Gasteiger partial charge in [0, 0.05) is 5.92 Å². The molecule has 0 bridgehead atoms. The summed E-state index contributed by atoms with van der Waals surface area (Å²) in [5.74, 6) is 2.60. The van der Waals surface area contributed by atoms with Crippen molar-refractivity contribution in [3.8, 4) is 5.75 Å². The molecule has 1 aliphatic heterocycles. The number of hydrogen-bond acceptors (Lipinski definition) is 2. The first kappa shape index (κ1) is 8.77. The van der Waals surface area contributed by atoms with E-state index < -0.39 is 0 Å². The van der Waals surface area contributed by atoms with Gasteiger partial charge in [0.1, 0.15) is 23.7 Å². The second-order valence-electron chi connectivity index (χ2n) is 4.25. The van der Waals surface area contributed by atoms with Crippen molar-refractivity contribution in [1.29, 1.82) is 0 Å². The molecular weight excluding hydrogens is 188 g/mol. The quantitative estimate of drug-likeness (QED) is 0.710. The molecule has 0 saturated heterocycles. The zero-order valence-corrected chi connectivity index (χ0v) is 9.03. The molecule has 2 heterocycles. The summed E-state index contributed by atoms with van der Waals surface area (Å²) in [6.45, 7) is 6.03. The van der Waals surface area contributed by atoms with Crippen LogP contribution in [0.4, 0.5) is 0 Å². The Balaban J connectivity index is 2.38. The predicted octanol–water partition coefficient (Wildman–Crippen LogP) is 2.55. The lowest BCUT2D eigenvalue weighted by Crippen LogP contribution is -2.16. The second-order valence-corrected chi connectivity index (χ2v) is 4.25. The van der Waals surface area contributed by atoms with E-state index in [2.05, 4.69) is 29.5 Å². The third-order valence-corrected chi connectivity index (χ3v) is 2.85. The molecule has 0 fully saturated rings. The topological polar surface area (TPSA) is 27.1 Å². The summed E-state index contributed by atoms with van der Waals surface area (Å²) in [6.07, 6.45) is 0. The average Bonchev–Trinajstić information content (AvgIpc) is 2.61. The highest BCUT2D eigenvalue weighted by atomic mass is 16.5. The molecule has 0 aliphatic carbocycles. The van der Waals surface area contributed by atoms with Gasteiger partial charge in [-0.15, -0.1) is 0 Å². The lowest BCUT2D eigenvalue weighted by Gasteiger charge is -2.18. The second kappa shape index (κ2) is 2.99. The normalized spacial score (nSPS) is 14.6. The Morgan fingerprint density at radius 3 is 3.07 bits per heavy atom. The molecule has 1 aliphatic rings. The van der Waals surface area contributed by atoms with Crippen molar-refractivity contribution in [3.05, 3.63) is 24.0 Å². The van der Waals surface area contributed by atoms with Gasteiger partial charge in [-0.2, -0.15) is 0 Å². The monoisotopic (exact) mass is 202 g/mol. The molecule has 15 heavy (non-hydrogen) atoms. The Morgan fingerprint density at radius 1 is 1.40 bits per heavy atom. The van der Waals surface area contributed by atoms with Gasteiger partial charge in [-0.05, 0) is 12.1 Å². The summed E-state index contributed by atoms with van der Waals surface area (Å²) in [4.78, 5) is 4.67. The summed E-state index contributed by atoms with van der Waals surface area (Å²) < 4.78 is 7.92. The van der Waals surface area contributed by atoms with Gasteiger partial charge in [-0.1, -0.05) is 19.9 Å². The van der Waals surface area contributed by atoms with E-state index in [0.29, 0.717) is 5.92 Å². The molecule has 2 aromatic rings. The van der Waals surface area contributed by atoms with Gasteiger partial charge in [0.15, 0.2) is 0 Å². The highest BCUT2D eigenvalue weighted by Gasteiger charge is 2.19. The third-order valence-electron chi connectivity index (χ3n) is 2.85. The highest BCUT2D eigenvalue weighted by Crippen LogP contribution is 2.31. The van der Waals surface area contributed by atoms with Crippen molar-refractivity contribution < 1.29 is 4.74 Å². The molecule has 3 heteroatoms. The first-order chi connectivity index (χ1) is 7.27. The Morgan fingerprint density at radius 2 is 2.27 bits per heavy atom. The van der Waals surface area contributed by atoms with Crippen molar-refractivity contribution in [2.45, 2.75) is 26.3 Å². The van der Waals surface area contributed by atoms with Crippen LogP contribution < -0.4 is 4.74 Å². The number of ether oxygens (including phenoxy) is 1. The van der Waals surface area contributed by atoms with Crippen LogP contribution in [0.3, 0.4) is 0 Å². The van der Waals surface area contributed by atoms with Crippen LogP contribution in [0.15, 0.2) is 18.2 Å². The van der Waals surface area contributed by atoms with Gasteiger partial charge in [0.05, 0.1) is 12.1 Å². The zero-order chi connectivity index (χ0) is 10.4. The van der Waals surface area contributed by atoms with E-state index >= 15 is 0 Å². The smallest absolute Gasteiger partial charge is 0.145 e. The van der Waals surface area contributed by atoms with Crippen LogP contribution in [0.1, 0.15) is 25.6 Å². The van der Waals surface area contributed by atoms with E-state index in [4.69, 9.17) is 4.74 Å². The summed E-state index contributed by atoms with van der Waals surface area (Å²) in [5, 5.41) is 0. The van der Waals surface area contributed by atoms with Gasteiger partial charge in [0.2, 0.25) is 0 Å². The first-order valence-electron chi connectivity index (χ1n) is 5.39. The van der Waals surface area contributed by atoms with Crippen molar-refractivity contribution in [2.75, 3.05) is 6.61 Å². The van der Waals surface area contributed by atoms with Crippen LogP contribution in [0.2, 0.25) is 0 Å². The van der Waals surface area contributed by atoms with Crippen LogP contribution in [0.5, 0.6) is 5.75 Å². The minimum Gasteiger partial charge on any atom is -0.489 e. The van der Waals surface area contributed by atoms with Crippen LogP contribution in [-0.2, 0) is 6.54 Å². The number of benzene rings is 1. The Kier molecular flexibility index (Phi) is 1.75. The molecule has 0 amide bonds. The van der Waals surface area contributed by atoms with Crippen LogP contribution >= 0.6 is 0 Å². The molecule has 0 radical (unpaired) electrons. The molecular formula is C12H14N2O. The molecule has 0 atom stereocenters. The fourth-order valence-corrected chi connectivity index (χ4v) is 2.20. The Bertz CT molecular complexity index is 514. The predicted molar refractivity (Wildman–Crippen MR) is 59.3 cm³/mol. The number of imidazole rings is 1.